The van der Waals surface area contributed by atoms with Crippen molar-refractivity contribution >= 4 is 35.3 Å². The number of hydrogen-bond donors (Lipinski definition) is 1. The molecule has 2 aromatic carbocycles. The molecule has 4 rings (SSSR count). The van der Waals surface area contributed by atoms with E-state index >= 15 is 0 Å². The second kappa shape index (κ2) is 10.6. The maximum Gasteiger partial charge on any atom is 0.254 e. The normalized spacial score (nSPS) is 22.2. The zero-order valence-corrected chi connectivity index (χ0v) is 20.3. The third-order valence-electron chi connectivity index (χ3n) is 6.81. The number of nitrogens with one attached hydrogen (secondary N) is 1. The van der Waals surface area contributed by atoms with Crippen molar-refractivity contribution in [2.24, 2.45) is 0 Å². The van der Waals surface area contributed by atoms with Crippen LogP contribution >= 0.6 is 11.6 Å². The van der Waals surface area contributed by atoms with Crippen LogP contribution in [0.2, 0.25) is 5.02 Å². The maximum absolute atomic E-state index is 14.1. The van der Waals surface area contributed by atoms with Crippen molar-refractivity contribution in [3.05, 3.63) is 76.3 Å². The molecule has 0 spiro atoms. The molecule has 2 aromatic rings. The number of rotatable bonds is 7. The van der Waals surface area contributed by atoms with E-state index in [1.807, 2.05) is 37.3 Å². The van der Waals surface area contributed by atoms with Crippen molar-refractivity contribution < 1.29 is 14.4 Å². The fourth-order valence-electron chi connectivity index (χ4n) is 5.07. The first-order valence-electron chi connectivity index (χ1n) is 12.1. The summed E-state index contributed by atoms with van der Waals surface area (Å²) in [6.07, 6.45) is 7.54. The largest absolute Gasteiger partial charge is 0.351 e. The van der Waals surface area contributed by atoms with Crippen LogP contribution in [0.5, 0.6) is 0 Å². The highest BCUT2D eigenvalue weighted by Crippen LogP contribution is 2.39. The minimum atomic E-state index is -1.61. The molecule has 1 heterocycles. The molecule has 6 heteroatoms. The van der Waals surface area contributed by atoms with Gasteiger partial charge in [0.15, 0.2) is 11.3 Å². The minimum Gasteiger partial charge on any atom is -0.351 e. The van der Waals surface area contributed by atoms with Gasteiger partial charge in [0, 0.05) is 35.2 Å². The van der Waals surface area contributed by atoms with E-state index in [-0.39, 0.29) is 30.1 Å². The van der Waals surface area contributed by atoms with Crippen LogP contribution in [0.1, 0.15) is 67.8 Å². The molecule has 1 saturated carbocycles. The first-order valence-corrected chi connectivity index (χ1v) is 12.5. The highest BCUT2D eigenvalue weighted by molar-refractivity contribution is 6.31. The summed E-state index contributed by atoms with van der Waals surface area (Å²) >= 11 is 6.05. The van der Waals surface area contributed by atoms with Gasteiger partial charge in [-0.25, -0.2) is 0 Å². The first kappa shape index (κ1) is 24.2. The number of carbonyl (C=O) groups is 3. The van der Waals surface area contributed by atoms with Crippen molar-refractivity contribution in [1.29, 1.82) is 0 Å². The molecule has 178 valence electrons. The average Bonchev–Trinajstić information content (AvgIpc) is 3.13. The van der Waals surface area contributed by atoms with Gasteiger partial charge in [-0.15, -0.1) is 0 Å². The summed E-state index contributed by atoms with van der Waals surface area (Å²) in [7, 11) is 0. The summed E-state index contributed by atoms with van der Waals surface area (Å²) in [6, 6.07) is 16.1. The Morgan fingerprint density at radius 1 is 1.06 bits per heavy atom. The molecule has 1 aliphatic carbocycles. The number of hydrogen-bond acceptors (Lipinski definition) is 3. The summed E-state index contributed by atoms with van der Waals surface area (Å²) in [5, 5.41) is 3.66. The number of benzene rings is 2. The molecule has 2 fully saturated rings. The SMILES string of the molecule is CCCN1C(=O)/C(=C/c2ccccc2)CC1(C(=O)NC1CCCCC1)C(=O)c1ccc(Cl)cc1. The highest BCUT2D eigenvalue weighted by atomic mass is 35.5. The number of amides is 2. The van der Waals surface area contributed by atoms with Gasteiger partial charge in [0.2, 0.25) is 0 Å². The summed E-state index contributed by atoms with van der Waals surface area (Å²) in [4.78, 5) is 43.1. The van der Waals surface area contributed by atoms with Gasteiger partial charge < -0.3 is 10.2 Å². The molecule has 1 saturated heterocycles. The first-order chi connectivity index (χ1) is 16.5. The zero-order chi connectivity index (χ0) is 24.1. The predicted molar refractivity (Wildman–Crippen MR) is 135 cm³/mol. The standard InChI is InChI=1S/C28H31ClN2O3/c1-2-17-31-26(33)22(18-20-9-5-3-6-10-20)19-28(31,25(32)21-13-15-23(29)16-14-21)27(34)30-24-11-7-4-8-12-24/h3,5-6,9-10,13-16,18,24H,2,4,7-8,11-12,17,19H2,1H3,(H,30,34)/b22-18+. The lowest BCUT2D eigenvalue weighted by Crippen LogP contribution is -2.63. The molecule has 1 N–H and O–H groups in total. The molecule has 1 unspecified atom stereocenters. The van der Waals surface area contributed by atoms with Gasteiger partial charge in [-0.2, -0.15) is 0 Å². The monoisotopic (exact) mass is 478 g/mol. The van der Waals surface area contributed by atoms with E-state index in [2.05, 4.69) is 5.32 Å². The highest BCUT2D eigenvalue weighted by Gasteiger charge is 2.58. The van der Waals surface area contributed by atoms with Crippen molar-refractivity contribution in [3.63, 3.8) is 0 Å². The Balaban J connectivity index is 1.79. The summed E-state index contributed by atoms with van der Waals surface area (Å²) in [5.41, 5.74) is 0.0995. The van der Waals surface area contributed by atoms with Crippen LogP contribution in [0.4, 0.5) is 0 Å². The number of likely N-dealkylation sites (tertiary alicyclic amines) is 1. The minimum absolute atomic E-state index is 0.0249. The van der Waals surface area contributed by atoms with E-state index in [4.69, 9.17) is 11.6 Å². The van der Waals surface area contributed by atoms with Gasteiger partial charge in [0.25, 0.3) is 11.8 Å². The number of ketones is 1. The number of halogens is 1. The summed E-state index contributed by atoms with van der Waals surface area (Å²) in [5.74, 6) is -1.000. The molecule has 1 aliphatic heterocycles. The topological polar surface area (TPSA) is 66.5 Å². The average molecular weight is 479 g/mol. The van der Waals surface area contributed by atoms with Crippen LogP contribution in [-0.2, 0) is 9.59 Å². The quantitative estimate of drug-likeness (QED) is 0.327. The second-order valence-electron chi connectivity index (χ2n) is 9.22. The molecule has 34 heavy (non-hydrogen) atoms. The molecule has 0 aromatic heterocycles. The van der Waals surface area contributed by atoms with E-state index in [1.54, 1.807) is 30.3 Å². The Kier molecular flexibility index (Phi) is 7.52. The Morgan fingerprint density at radius 3 is 2.38 bits per heavy atom. The molecule has 0 radical (unpaired) electrons. The van der Waals surface area contributed by atoms with Gasteiger partial charge >= 0.3 is 0 Å². The summed E-state index contributed by atoms with van der Waals surface area (Å²) in [6.45, 7) is 2.27. The number of nitrogens with zero attached hydrogens (tertiary/aromatic N) is 1. The second-order valence-corrected chi connectivity index (χ2v) is 9.65. The molecular weight excluding hydrogens is 448 g/mol. The lowest BCUT2D eigenvalue weighted by Gasteiger charge is -2.37. The van der Waals surface area contributed by atoms with Crippen LogP contribution in [0.25, 0.3) is 6.08 Å². The smallest absolute Gasteiger partial charge is 0.254 e. The lowest BCUT2D eigenvalue weighted by atomic mass is 9.83. The Morgan fingerprint density at radius 2 is 1.74 bits per heavy atom. The molecule has 2 amide bonds. The predicted octanol–water partition coefficient (Wildman–Crippen LogP) is 5.44. The molecule has 0 bridgehead atoms. The molecule has 1 atom stereocenters. The van der Waals surface area contributed by atoms with Crippen molar-refractivity contribution in [2.75, 3.05) is 6.54 Å². The van der Waals surface area contributed by atoms with Crippen molar-refractivity contribution in [1.82, 2.24) is 10.2 Å². The third-order valence-corrected chi connectivity index (χ3v) is 7.06. The van der Waals surface area contributed by atoms with E-state index < -0.39 is 5.54 Å². The summed E-state index contributed by atoms with van der Waals surface area (Å²) < 4.78 is 0. The molecular formula is C28H31ClN2O3. The van der Waals surface area contributed by atoms with Crippen LogP contribution in [0, 0.1) is 0 Å². The fourth-order valence-corrected chi connectivity index (χ4v) is 5.20. The van der Waals surface area contributed by atoms with Crippen LogP contribution in [0.15, 0.2) is 60.2 Å². The maximum atomic E-state index is 14.1. The fraction of sp³-hybridized carbons (Fsp3) is 0.393. The Labute approximate surface area is 206 Å². The third kappa shape index (κ3) is 4.80. The van der Waals surface area contributed by atoms with E-state index in [1.165, 1.54) is 4.90 Å². The van der Waals surface area contributed by atoms with E-state index in [9.17, 15) is 14.4 Å². The van der Waals surface area contributed by atoms with Crippen molar-refractivity contribution in [2.45, 2.75) is 63.5 Å². The van der Waals surface area contributed by atoms with E-state index in [0.29, 0.717) is 29.1 Å². The number of carbonyl (C=O) groups excluding carboxylic acids is 3. The van der Waals surface area contributed by atoms with Crippen molar-refractivity contribution in [3.8, 4) is 0 Å². The number of Topliss-reactive ketones (excluding diaryl/α,β-unsaturated/α-hetero) is 1. The molecule has 2 aliphatic rings. The van der Waals surface area contributed by atoms with Gasteiger partial charge in [0.1, 0.15) is 0 Å². The zero-order valence-electron chi connectivity index (χ0n) is 19.6. The van der Waals surface area contributed by atoms with Crippen LogP contribution in [0.3, 0.4) is 0 Å². The van der Waals surface area contributed by atoms with Gasteiger partial charge in [-0.1, -0.05) is 68.1 Å². The van der Waals surface area contributed by atoms with Crippen LogP contribution < -0.4 is 5.32 Å². The van der Waals surface area contributed by atoms with Crippen LogP contribution in [-0.4, -0.2) is 40.6 Å². The Hall–Kier alpha value is -2.92. The Bertz CT molecular complexity index is 1070. The lowest BCUT2D eigenvalue weighted by molar-refractivity contribution is -0.138. The van der Waals surface area contributed by atoms with Gasteiger partial charge in [0.05, 0.1) is 0 Å². The van der Waals surface area contributed by atoms with E-state index in [0.717, 1.165) is 37.7 Å². The van der Waals surface area contributed by atoms with Gasteiger partial charge in [-0.3, -0.25) is 14.4 Å². The molecule has 5 nitrogen and oxygen atoms in total. The van der Waals surface area contributed by atoms with Gasteiger partial charge in [-0.05, 0) is 55.2 Å².